The fraction of sp³-hybridized carbons (Fsp3) is 0.323. The Hall–Kier alpha value is -3.56. The van der Waals surface area contributed by atoms with E-state index in [1.807, 2.05) is 23.5 Å². The minimum atomic E-state index is -5.08. The number of benzene rings is 3. The fourth-order valence-corrected chi connectivity index (χ4v) is 6.79. The van der Waals surface area contributed by atoms with E-state index in [-0.39, 0.29) is 5.92 Å². The van der Waals surface area contributed by atoms with Crippen LogP contribution in [-0.4, -0.2) is 53.5 Å². The van der Waals surface area contributed by atoms with Gasteiger partial charge < -0.3 is 14.9 Å². The number of halogens is 3. The van der Waals surface area contributed by atoms with Gasteiger partial charge in [-0.25, -0.2) is 4.79 Å². The van der Waals surface area contributed by atoms with Gasteiger partial charge in [0.05, 0.1) is 0 Å². The number of carbonyl (C=O) groups is 1. The van der Waals surface area contributed by atoms with Crippen molar-refractivity contribution in [1.29, 1.82) is 0 Å². The first-order valence-electron chi connectivity index (χ1n) is 13.3. The number of alkyl halides is 3. The van der Waals surface area contributed by atoms with Crippen molar-refractivity contribution < 1.29 is 32.9 Å². The quantitative estimate of drug-likeness (QED) is 0.235. The topological polar surface area (TPSA) is 70.0 Å². The molecule has 0 bridgehead atoms. The number of ether oxygens (including phenoxy) is 1. The van der Waals surface area contributed by atoms with E-state index in [0.29, 0.717) is 5.75 Å². The molecule has 1 saturated heterocycles. The Balaban J connectivity index is 0.000000411. The van der Waals surface area contributed by atoms with Crippen LogP contribution in [0.3, 0.4) is 0 Å². The fourth-order valence-electron chi connectivity index (χ4n) is 5.49. The molecule has 2 aliphatic rings. The van der Waals surface area contributed by atoms with Crippen LogP contribution in [-0.2, 0) is 11.2 Å². The van der Waals surface area contributed by atoms with E-state index in [0.717, 1.165) is 30.0 Å². The van der Waals surface area contributed by atoms with Crippen molar-refractivity contribution in [2.45, 2.75) is 37.8 Å². The molecular weight excluding hydrogens is 539 g/mol. The number of aliphatic carboxylic acids is 1. The first-order valence-corrected chi connectivity index (χ1v) is 14.1. The minimum absolute atomic E-state index is 0.200. The van der Waals surface area contributed by atoms with Crippen LogP contribution in [0, 0.1) is 0 Å². The highest BCUT2D eigenvalue weighted by atomic mass is 32.1. The predicted octanol–water partition coefficient (Wildman–Crippen LogP) is 7.19. The van der Waals surface area contributed by atoms with Crippen molar-refractivity contribution in [1.82, 2.24) is 4.90 Å². The molecule has 40 heavy (non-hydrogen) atoms. The van der Waals surface area contributed by atoms with Crippen LogP contribution in [0.2, 0.25) is 0 Å². The average molecular weight is 570 g/mol. The summed E-state index contributed by atoms with van der Waals surface area (Å²) >= 11 is 1.81. The van der Waals surface area contributed by atoms with Crippen LogP contribution in [0.4, 0.5) is 13.2 Å². The lowest BCUT2D eigenvalue weighted by atomic mass is 9.77. The second-order valence-corrected chi connectivity index (χ2v) is 11.2. The van der Waals surface area contributed by atoms with Gasteiger partial charge in [-0.2, -0.15) is 13.2 Å². The Labute approximate surface area is 234 Å². The molecule has 0 radical (unpaired) electrons. The van der Waals surface area contributed by atoms with E-state index < -0.39 is 12.1 Å². The first kappa shape index (κ1) is 28.0. The van der Waals surface area contributed by atoms with Crippen LogP contribution in [0.1, 0.15) is 52.3 Å². The summed E-state index contributed by atoms with van der Waals surface area (Å²) in [5, 5.41) is 18.4. The van der Waals surface area contributed by atoms with Gasteiger partial charge >= 0.3 is 12.1 Å². The van der Waals surface area contributed by atoms with Crippen molar-refractivity contribution in [3.05, 3.63) is 93.9 Å². The second-order valence-electron chi connectivity index (χ2n) is 10.1. The van der Waals surface area contributed by atoms with Crippen molar-refractivity contribution in [3.63, 3.8) is 0 Å². The van der Waals surface area contributed by atoms with Gasteiger partial charge in [0.25, 0.3) is 0 Å². The van der Waals surface area contributed by atoms with E-state index in [4.69, 9.17) is 14.6 Å². The Morgan fingerprint density at radius 2 is 1.70 bits per heavy atom. The minimum Gasteiger partial charge on any atom is -0.508 e. The molecular formula is C31H30F3NO4S. The number of phenolic OH excluding ortho intramolecular Hbond substituents is 1. The zero-order valence-electron chi connectivity index (χ0n) is 21.8. The largest absolute Gasteiger partial charge is 0.508 e. The lowest BCUT2D eigenvalue weighted by molar-refractivity contribution is -0.192. The lowest BCUT2D eigenvalue weighted by Gasteiger charge is -2.27. The van der Waals surface area contributed by atoms with Gasteiger partial charge in [0.15, 0.2) is 0 Å². The van der Waals surface area contributed by atoms with E-state index >= 15 is 0 Å². The van der Waals surface area contributed by atoms with Gasteiger partial charge in [-0.1, -0.05) is 42.8 Å². The third-order valence-corrected chi connectivity index (χ3v) is 8.54. The number of carboxylic acids is 1. The maximum absolute atomic E-state index is 10.6. The number of carboxylic acid groups (broad SMARTS) is 1. The van der Waals surface area contributed by atoms with Crippen LogP contribution >= 0.6 is 11.3 Å². The Morgan fingerprint density at radius 1 is 1.00 bits per heavy atom. The summed E-state index contributed by atoms with van der Waals surface area (Å²) < 4.78 is 39.0. The summed E-state index contributed by atoms with van der Waals surface area (Å²) in [5.41, 5.74) is 5.47. The van der Waals surface area contributed by atoms with E-state index in [9.17, 15) is 18.3 Å². The number of hydrogen-bond acceptors (Lipinski definition) is 5. The van der Waals surface area contributed by atoms with Gasteiger partial charge in [0, 0.05) is 28.5 Å². The number of piperidine rings is 1. The van der Waals surface area contributed by atoms with Crippen LogP contribution < -0.4 is 4.74 Å². The molecule has 2 heterocycles. The molecule has 0 amide bonds. The number of aromatic hydroxyl groups is 1. The molecule has 5 nitrogen and oxygen atoms in total. The van der Waals surface area contributed by atoms with Crippen LogP contribution in [0.25, 0.3) is 10.1 Å². The normalized spacial score (nSPS) is 16.9. The molecule has 1 aliphatic carbocycles. The molecule has 1 atom stereocenters. The van der Waals surface area contributed by atoms with E-state index in [1.165, 1.54) is 64.9 Å². The molecule has 1 fully saturated rings. The van der Waals surface area contributed by atoms with Gasteiger partial charge in [0.1, 0.15) is 18.1 Å². The molecule has 6 rings (SSSR count). The third-order valence-electron chi connectivity index (χ3n) is 7.38. The van der Waals surface area contributed by atoms with Gasteiger partial charge in [0.2, 0.25) is 0 Å². The average Bonchev–Trinajstić information content (AvgIpc) is 3.29. The van der Waals surface area contributed by atoms with Crippen molar-refractivity contribution in [2.75, 3.05) is 26.2 Å². The Kier molecular flexibility index (Phi) is 8.32. The summed E-state index contributed by atoms with van der Waals surface area (Å²) in [6.45, 7) is 4.17. The van der Waals surface area contributed by atoms with Crippen molar-refractivity contribution in [2.24, 2.45) is 0 Å². The van der Waals surface area contributed by atoms with Crippen molar-refractivity contribution >= 4 is 27.4 Å². The molecule has 2 N–H and O–H groups in total. The van der Waals surface area contributed by atoms with E-state index in [1.54, 1.807) is 0 Å². The molecule has 1 aliphatic heterocycles. The van der Waals surface area contributed by atoms with Gasteiger partial charge in [-0.05, 0) is 83.9 Å². The number of fused-ring (bicyclic) bond motifs is 4. The number of hydrogen-bond donors (Lipinski definition) is 2. The SMILES string of the molecule is O=C(O)C(F)(F)F.Oc1ccc2c3c(sc2c1)Cc1ccccc1C3c1ccc(OCCN2CCCCC2)cc1. The summed E-state index contributed by atoms with van der Waals surface area (Å²) in [4.78, 5) is 12.8. The van der Waals surface area contributed by atoms with E-state index in [2.05, 4.69) is 59.5 Å². The summed E-state index contributed by atoms with van der Waals surface area (Å²) in [5.74, 6) is -1.28. The summed E-state index contributed by atoms with van der Waals surface area (Å²) in [7, 11) is 0. The molecule has 0 saturated carbocycles. The second kappa shape index (κ2) is 11.9. The maximum Gasteiger partial charge on any atom is 0.490 e. The molecule has 4 aromatic rings. The summed E-state index contributed by atoms with van der Waals surface area (Å²) in [6, 6.07) is 23.3. The molecule has 9 heteroatoms. The molecule has 1 aromatic heterocycles. The molecule has 210 valence electrons. The number of nitrogens with zero attached hydrogens (tertiary/aromatic N) is 1. The molecule has 1 unspecified atom stereocenters. The standard InChI is InChI=1S/C29H29NO2S.C2HF3O2/c31-22-10-13-25-26(19-22)33-27-18-21-6-2-3-7-24(21)28(29(25)27)20-8-11-23(12-9-20)32-17-16-30-14-4-1-5-15-30;3-2(4,5)1(6)7/h2-3,6-13,19,28,31H,1,4-5,14-18H2;(H,6,7). The van der Waals surface area contributed by atoms with Crippen molar-refractivity contribution in [3.8, 4) is 11.5 Å². The maximum atomic E-state index is 10.6. The third kappa shape index (κ3) is 6.26. The summed E-state index contributed by atoms with van der Waals surface area (Å²) in [6.07, 6.45) is -0.127. The highest BCUT2D eigenvalue weighted by Gasteiger charge is 2.38. The Morgan fingerprint density at radius 3 is 2.40 bits per heavy atom. The first-order chi connectivity index (χ1) is 19.2. The van der Waals surface area contributed by atoms with Crippen LogP contribution in [0.15, 0.2) is 66.7 Å². The number of thiophene rings is 1. The predicted molar refractivity (Wildman–Crippen MR) is 150 cm³/mol. The lowest BCUT2D eigenvalue weighted by Crippen LogP contribution is -2.33. The Bertz CT molecular complexity index is 1480. The monoisotopic (exact) mass is 569 g/mol. The zero-order valence-corrected chi connectivity index (χ0v) is 22.6. The molecule has 0 spiro atoms. The zero-order chi connectivity index (χ0) is 28.3. The van der Waals surface area contributed by atoms with Gasteiger partial charge in [-0.15, -0.1) is 11.3 Å². The van der Waals surface area contributed by atoms with Crippen LogP contribution in [0.5, 0.6) is 11.5 Å². The number of likely N-dealkylation sites (tertiary alicyclic amines) is 1. The highest BCUT2D eigenvalue weighted by molar-refractivity contribution is 7.19. The van der Waals surface area contributed by atoms with Gasteiger partial charge in [-0.3, -0.25) is 4.90 Å². The number of rotatable bonds is 5. The number of phenols is 1. The molecule has 3 aromatic carbocycles. The highest BCUT2D eigenvalue weighted by Crippen LogP contribution is 2.48. The smallest absolute Gasteiger partial charge is 0.490 e.